The predicted molar refractivity (Wildman–Crippen MR) is 88.1 cm³/mol. The molecule has 1 unspecified atom stereocenters. The van der Waals surface area contributed by atoms with Crippen LogP contribution in [0.2, 0.25) is 0 Å². The quantitative estimate of drug-likeness (QED) is 0.711. The van der Waals surface area contributed by atoms with Gasteiger partial charge in [0.05, 0.1) is 24.9 Å². The van der Waals surface area contributed by atoms with Crippen molar-refractivity contribution in [1.82, 2.24) is 29.5 Å². The van der Waals surface area contributed by atoms with Crippen molar-refractivity contribution in [1.29, 1.82) is 0 Å². The fourth-order valence-corrected chi connectivity index (χ4v) is 3.02. The number of fused-ring (bicyclic) bond motifs is 1. The molecule has 4 heterocycles. The van der Waals surface area contributed by atoms with Crippen molar-refractivity contribution in [2.75, 3.05) is 13.1 Å². The standard InChI is InChI=1S/C17H20N6O/c1-2-7-18-14(5-1)13-24-15-6-3-9-22(11-15)12-16-20-17-19-8-4-10-23(17)21-16/h1-2,4-5,7-8,10,15H,3,6,9,11-13H2. The average Bonchev–Trinajstić information content (AvgIpc) is 3.03. The second-order valence-electron chi connectivity index (χ2n) is 6.02. The average molecular weight is 324 g/mol. The van der Waals surface area contributed by atoms with E-state index in [-0.39, 0.29) is 6.10 Å². The Hall–Kier alpha value is -2.38. The molecule has 0 bridgehead atoms. The summed E-state index contributed by atoms with van der Waals surface area (Å²) in [6, 6.07) is 7.76. The minimum absolute atomic E-state index is 0.232. The molecule has 7 nitrogen and oxygen atoms in total. The van der Waals surface area contributed by atoms with Gasteiger partial charge in [-0.2, -0.15) is 4.98 Å². The third-order valence-electron chi connectivity index (χ3n) is 4.18. The van der Waals surface area contributed by atoms with E-state index in [0.29, 0.717) is 12.4 Å². The normalized spacial score (nSPS) is 18.9. The molecule has 1 aliphatic heterocycles. The second-order valence-corrected chi connectivity index (χ2v) is 6.02. The van der Waals surface area contributed by atoms with Crippen LogP contribution in [-0.2, 0) is 17.9 Å². The minimum atomic E-state index is 0.232. The van der Waals surface area contributed by atoms with Crippen LogP contribution in [0.3, 0.4) is 0 Å². The molecule has 4 rings (SSSR count). The van der Waals surface area contributed by atoms with Crippen LogP contribution in [0.1, 0.15) is 24.4 Å². The molecule has 3 aromatic heterocycles. The van der Waals surface area contributed by atoms with E-state index in [1.54, 1.807) is 16.9 Å². The number of likely N-dealkylation sites (tertiary alicyclic amines) is 1. The molecule has 1 saturated heterocycles. The van der Waals surface area contributed by atoms with Gasteiger partial charge >= 0.3 is 0 Å². The van der Waals surface area contributed by atoms with Crippen LogP contribution >= 0.6 is 0 Å². The van der Waals surface area contributed by atoms with Gasteiger partial charge in [-0.1, -0.05) is 6.07 Å². The number of aromatic nitrogens is 5. The van der Waals surface area contributed by atoms with E-state index in [9.17, 15) is 0 Å². The summed E-state index contributed by atoms with van der Waals surface area (Å²) >= 11 is 0. The van der Waals surface area contributed by atoms with E-state index in [1.807, 2.05) is 30.5 Å². The first-order valence-corrected chi connectivity index (χ1v) is 8.27. The van der Waals surface area contributed by atoms with E-state index in [2.05, 4.69) is 25.0 Å². The maximum absolute atomic E-state index is 6.03. The molecule has 1 aliphatic rings. The summed E-state index contributed by atoms with van der Waals surface area (Å²) in [6.45, 7) is 3.24. The lowest BCUT2D eigenvalue weighted by atomic mass is 10.1. The van der Waals surface area contributed by atoms with Gasteiger partial charge in [0.25, 0.3) is 5.78 Å². The van der Waals surface area contributed by atoms with E-state index in [4.69, 9.17) is 4.74 Å². The third-order valence-corrected chi connectivity index (χ3v) is 4.18. The number of rotatable bonds is 5. The first-order valence-electron chi connectivity index (χ1n) is 8.27. The molecule has 0 aliphatic carbocycles. The van der Waals surface area contributed by atoms with Gasteiger partial charge in [0.2, 0.25) is 0 Å². The maximum Gasteiger partial charge on any atom is 0.252 e. The lowest BCUT2D eigenvalue weighted by molar-refractivity contribution is -0.0138. The Labute approximate surface area is 140 Å². The number of nitrogens with zero attached hydrogens (tertiary/aromatic N) is 6. The van der Waals surface area contributed by atoms with Gasteiger partial charge in [0, 0.05) is 25.1 Å². The van der Waals surface area contributed by atoms with Gasteiger partial charge in [-0.05, 0) is 37.6 Å². The van der Waals surface area contributed by atoms with Crippen LogP contribution in [0.5, 0.6) is 0 Å². The van der Waals surface area contributed by atoms with Crippen molar-refractivity contribution in [2.24, 2.45) is 0 Å². The molecule has 124 valence electrons. The summed E-state index contributed by atoms with van der Waals surface area (Å²) in [5.74, 6) is 1.45. The largest absolute Gasteiger partial charge is 0.371 e. The topological polar surface area (TPSA) is 68.4 Å². The molecule has 1 fully saturated rings. The molecular weight excluding hydrogens is 304 g/mol. The van der Waals surface area contributed by atoms with Crippen molar-refractivity contribution in [3.63, 3.8) is 0 Å². The Morgan fingerprint density at radius 3 is 3.00 bits per heavy atom. The van der Waals surface area contributed by atoms with Crippen LogP contribution in [0.4, 0.5) is 0 Å². The Kier molecular flexibility index (Phi) is 4.44. The summed E-state index contributed by atoms with van der Waals surface area (Å²) in [7, 11) is 0. The van der Waals surface area contributed by atoms with Crippen LogP contribution in [0.25, 0.3) is 5.78 Å². The van der Waals surface area contributed by atoms with Crippen molar-refractivity contribution in [3.8, 4) is 0 Å². The fraction of sp³-hybridized carbons (Fsp3) is 0.412. The molecule has 3 aromatic rings. The van der Waals surface area contributed by atoms with Crippen molar-refractivity contribution < 1.29 is 4.74 Å². The highest BCUT2D eigenvalue weighted by Crippen LogP contribution is 2.16. The summed E-state index contributed by atoms with van der Waals surface area (Å²) in [4.78, 5) is 15.3. The smallest absolute Gasteiger partial charge is 0.252 e. The molecule has 0 radical (unpaired) electrons. The van der Waals surface area contributed by atoms with E-state index >= 15 is 0 Å². The highest BCUT2D eigenvalue weighted by atomic mass is 16.5. The van der Waals surface area contributed by atoms with Crippen LogP contribution in [0.15, 0.2) is 42.9 Å². The van der Waals surface area contributed by atoms with Crippen molar-refractivity contribution in [2.45, 2.75) is 32.1 Å². The Morgan fingerprint density at radius 1 is 1.17 bits per heavy atom. The minimum Gasteiger partial charge on any atom is -0.371 e. The van der Waals surface area contributed by atoms with E-state index in [0.717, 1.165) is 44.0 Å². The molecule has 24 heavy (non-hydrogen) atoms. The van der Waals surface area contributed by atoms with Gasteiger partial charge in [0.1, 0.15) is 0 Å². The molecule has 0 N–H and O–H groups in total. The van der Waals surface area contributed by atoms with E-state index in [1.165, 1.54) is 0 Å². The molecular formula is C17H20N6O. The zero-order chi connectivity index (χ0) is 16.2. The SMILES string of the molecule is c1ccc(COC2CCCN(Cc3nc4ncccn4n3)C2)nc1. The number of ether oxygens (including phenoxy) is 1. The monoisotopic (exact) mass is 324 g/mol. The van der Waals surface area contributed by atoms with Crippen LogP contribution in [0, 0.1) is 0 Å². The zero-order valence-electron chi connectivity index (χ0n) is 13.5. The van der Waals surface area contributed by atoms with E-state index < -0.39 is 0 Å². The fourth-order valence-electron chi connectivity index (χ4n) is 3.02. The lowest BCUT2D eigenvalue weighted by Gasteiger charge is -2.31. The maximum atomic E-state index is 6.03. The second kappa shape index (κ2) is 7.02. The lowest BCUT2D eigenvalue weighted by Crippen LogP contribution is -2.39. The first kappa shape index (κ1) is 15.2. The summed E-state index contributed by atoms with van der Waals surface area (Å²) in [5, 5.41) is 4.48. The van der Waals surface area contributed by atoms with Gasteiger partial charge in [0.15, 0.2) is 5.82 Å². The van der Waals surface area contributed by atoms with Crippen molar-refractivity contribution >= 4 is 5.78 Å². The van der Waals surface area contributed by atoms with Gasteiger partial charge < -0.3 is 4.74 Å². The first-order chi connectivity index (χ1) is 11.9. The molecule has 1 atom stereocenters. The molecule has 7 heteroatoms. The Balaban J connectivity index is 1.34. The van der Waals surface area contributed by atoms with Crippen molar-refractivity contribution in [3.05, 3.63) is 54.4 Å². The summed E-state index contributed by atoms with van der Waals surface area (Å²) in [5.41, 5.74) is 0.975. The Morgan fingerprint density at radius 2 is 2.12 bits per heavy atom. The highest BCUT2D eigenvalue weighted by Gasteiger charge is 2.22. The predicted octanol–water partition coefficient (Wildman–Crippen LogP) is 1.70. The number of hydrogen-bond acceptors (Lipinski definition) is 6. The van der Waals surface area contributed by atoms with Crippen LogP contribution < -0.4 is 0 Å². The Bertz CT molecular complexity index is 757. The molecule has 0 amide bonds. The van der Waals surface area contributed by atoms with Gasteiger partial charge in [-0.15, -0.1) is 5.10 Å². The van der Waals surface area contributed by atoms with Gasteiger partial charge in [-0.3, -0.25) is 9.88 Å². The molecule has 0 saturated carbocycles. The number of piperidine rings is 1. The highest BCUT2D eigenvalue weighted by molar-refractivity contribution is 5.24. The molecule has 0 spiro atoms. The number of pyridine rings is 1. The number of hydrogen-bond donors (Lipinski definition) is 0. The summed E-state index contributed by atoms with van der Waals surface area (Å²) in [6.07, 6.45) is 7.84. The molecule has 0 aromatic carbocycles. The zero-order valence-corrected chi connectivity index (χ0v) is 13.5. The van der Waals surface area contributed by atoms with Crippen LogP contribution in [-0.4, -0.2) is 48.7 Å². The third kappa shape index (κ3) is 3.58. The van der Waals surface area contributed by atoms with Gasteiger partial charge in [-0.25, -0.2) is 9.50 Å². The summed E-state index contributed by atoms with van der Waals surface area (Å²) < 4.78 is 7.75.